The third kappa shape index (κ3) is 4.69. The molecule has 0 aliphatic heterocycles. The highest BCUT2D eigenvalue weighted by atomic mass is 16.5. The lowest BCUT2D eigenvalue weighted by molar-refractivity contribution is -0.138. The lowest BCUT2D eigenvalue weighted by atomic mass is 10.1. The van der Waals surface area contributed by atoms with Gasteiger partial charge in [0, 0.05) is 5.69 Å². The molecular weight excluding hydrogens is 280 g/mol. The molecule has 6 nitrogen and oxygen atoms in total. The Bertz CT molecular complexity index is 688. The van der Waals surface area contributed by atoms with Gasteiger partial charge in [-0.2, -0.15) is 10.5 Å². The summed E-state index contributed by atoms with van der Waals surface area (Å²) in [6.45, 7) is 3.72. The zero-order valence-electron chi connectivity index (χ0n) is 12.4. The Balaban J connectivity index is 3.06. The summed E-state index contributed by atoms with van der Waals surface area (Å²) < 4.78 is 4.73. The second kappa shape index (κ2) is 8.13. The molecule has 3 N–H and O–H groups in total. The summed E-state index contributed by atoms with van der Waals surface area (Å²) in [4.78, 5) is 11.5. The van der Waals surface area contributed by atoms with Crippen LogP contribution >= 0.6 is 0 Å². The summed E-state index contributed by atoms with van der Waals surface area (Å²) in [6.07, 6.45) is 1.11. The van der Waals surface area contributed by atoms with Gasteiger partial charge in [-0.15, -0.1) is 0 Å². The zero-order valence-corrected chi connectivity index (χ0v) is 12.4. The predicted octanol–water partition coefficient (Wildman–Crippen LogP) is 2.11. The Labute approximate surface area is 129 Å². The average molecular weight is 296 g/mol. The van der Waals surface area contributed by atoms with E-state index in [1.807, 2.05) is 25.1 Å². The first-order chi connectivity index (χ1) is 10.5. The SMILES string of the molecule is CCOC(=O)/C(C#N)=C/C(C#N)=C(\N)Nc1ccc(C)cc1. The van der Waals surface area contributed by atoms with Crippen LogP contribution in [0.4, 0.5) is 5.69 Å². The van der Waals surface area contributed by atoms with Crippen molar-refractivity contribution in [1.82, 2.24) is 0 Å². The summed E-state index contributed by atoms with van der Waals surface area (Å²) >= 11 is 0. The van der Waals surface area contributed by atoms with E-state index in [2.05, 4.69) is 5.32 Å². The lowest BCUT2D eigenvalue weighted by Gasteiger charge is -2.08. The monoisotopic (exact) mass is 296 g/mol. The van der Waals surface area contributed by atoms with Gasteiger partial charge in [-0.05, 0) is 32.1 Å². The maximum atomic E-state index is 11.5. The third-order valence-corrected chi connectivity index (χ3v) is 2.65. The van der Waals surface area contributed by atoms with Crippen molar-refractivity contribution in [2.75, 3.05) is 11.9 Å². The molecule has 1 aromatic carbocycles. The van der Waals surface area contributed by atoms with Crippen LogP contribution < -0.4 is 11.1 Å². The Kier molecular flexibility index (Phi) is 6.21. The number of esters is 1. The number of anilines is 1. The van der Waals surface area contributed by atoms with E-state index in [1.165, 1.54) is 0 Å². The van der Waals surface area contributed by atoms with Gasteiger partial charge >= 0.3 is 5.97 Å². The normalized spacial score (nSPS) is 11.7. The number of ether oxygens (including phenoxy) is 1. The summed E-state index contributed by atoms with van der Waals surface area (Å²) in [6, 6.07) is 10.9. The highest BCUT2D eigenvalue weighted by Gasteiger charge is 2.12. The molecule has 0 heterocycles. The van der Waals surface area contributed by atoms with Crippen molar-refractivity contribution in [3.05, 3.63) is 52.9 Å². The van der Waals surface area contributed by atoms with Crippen molar-refractivity contribution in [3.8, 4) is 12.1 Å². The first-order valence-electron chi connectivity index (χ1n) is 6.54. The van der Waals surface area contributed by atoms with Crippen molar-refractivity contribution in [1.29, 1.82) is 10.5 Å². The Morgan fingerprint density at radius 2 is 1.95 bits per heavy atom. The highest BCUT2D eigenvalue weighted by Crippen LogP contribution is 2.13. The van der Waals surface area contributed by atoms with E-state index in [0.29, 0.717) is 5.69 Å². The fourth-order valence-corrected chi connectivity index (χ4v) is 1.52. The highest BCUT2D eigenvalue weighted by molar-refractivity contribution is 5.93. The largest absolute Gasteiger partial charge is 0.462 e. The van der Waals surface area contributed by atoms with Crippen LogP contribution in [0.2, 0.25) is 0 Å². The van der Waals surface area contributed by atoms with Crippen LogP contribution in [0.15, 0.2) is 47.3 Å². The first kappa shape index (κ1) is 16.8. The van der Waals surface area contributed by atoms with Crippen LogP contribution in [0.5, 0.6) is 0 Å². The average Bonchev–Trinajstić information content (AvgIpc) is 2.50. The molecule has 0 unspecified atom stereocenters. The van der Waals surface area contributed by atoms with Gasteiger partial charge in [-0.25, -0.2) is 4.79 Å². The molecule has 0 saturated carbocycles. The van der Waals surface area contributed by atoms with E-state index >= 15 is 0 Å². The number of allylic oxidation sites excluding steroid dienone is 2. The smallest absolute Gasteiger partial charge is 0.348 e. The Hall–Kier alpha value is -3.25. The van der Waals surface area contributed by atoms with Gasteiger partial charge in [0.05, 0.1) is 12.2 Å². The van der Waals surface area contributed by atoms with Crippen molar-refractivity contribution in [3.63, 3.8) is 0 Å². The number of hydrogen-bond donors (Lipinski definition) is 2. The number of nitriles is 2. The quantitative estimate of drug-likeness (QED) is 0.372. The molecule has 6 heteroatoms. The van der Waals surface area contributed by atoms with Crippen molar-refractivity contribution in [2.24, 2.45) is 5.73 Å². The summed E-state index contributed by atoms with van der Waals surface area (Å²) in [5.41, 5.74) is 7.29. The molecule has 0 aliphatic carbocycles. The molecule has 0 saturated heterocycles. The topological polar surface area (TPSA) is 112 Å². The second-order valence-corrected chi connectivity index (χ2v) is 4.32. The maximum Gasteiger partial charge on any atom is 0.348 e. The maximum absolute atomic E-state index is 11.5. The summed E-state index contributed by atoms with van der Waals surface area (Å²) in [5.74, 6) is -0.746. The second-order valence-electron chi connectivity index (χ2n) is 4.32. The molecule has 0 fully saturated rings. The lowest BCUT2D eigenvalue weighted by Crippen LogP contribution is -2.13. The zero-order chi connectivity index (χ0) is 16.5. The standard InChI is InChI=1S/C16H16N4O2/c1-3-22-16(21)13(10-18)8-12(9-17)15(19)20-14-6-4-11(2)5-7-14/h4-8,20H,3,19H2,1-2H3/b13-8+,15-12-. The first-order valence-corrected chi connectivity index (χ1v) is 6.54. The van der Waals surface area contributed by atoms with E-state index in [4.69, 9.17) is 21.0 Å². The van der Waals surface area contributed by atoms with Crippen LogP contribution in [0.1, 0.15) is 12.5 Å². The minimum Gasteiger partial charge on any atom is -0.462 e. The van der Waals surface area contributed by atoms with E-state index in [-0.39, 0.29) is 23.6 Å². The number of hydrogen-bond acceptors (Lipinski definition) is 6. The van der Waals surface area contributed by atoms with Crippen LogP contribution in [0, 0.1) is 29.6 Å². The molecule has 0 aromatic heterocycles. The van der Waals surface area contributed by atoms with Crippen molar-refractivity contribution < 1.29 is 9.53 Å². The molecule has 22 heavy (non-hydrogen) atoms. The number of nitrogens with one attached hydrogen (secondary N) is 1. The van der Waals surface area contributed by atoms with Crippen molar-refractivity contribution >= 4 is 11.7 Å². The number of rotatable bonds is 5. The van der Waals surface area contributed by atoms with Crippen LogP contribution in [0.3, 0.4) is 0 Å². The molecule has 0 atom stereocenters. The molecule has 0 aliphatic rings. The van der Waals surface area contributed by atoms with Crippen LogP contribution in [-0.2, 0) is 9.53 Å². The van der Waals surface area contributed by atoms with E-state index < -0.39 is 5.97 Å². The molecule has 1 aromatic rings. The molecule has 0 bridgehead atoms. The summed E-state index contributed by atoms with van der Waals surface area (Å²) in [7, 11) is 0. The number of carbonyl (C=O) groups is 1. The number of aryl methyl sites for hydroxylation is 1. The molecule has 0 radical (unpaired) electrons. The number of carbonyl (C=O) groups excluding carboxylic acids is 1. The number of nitrogens with two attached hydrogens (primary N) is 1. The molecule has 0 spiro atoms. The molecule has 112 valence electrons. The molecule has 1 rings (SSSR count). The van der Waals surface area contributed by atoms with Gasteiger partial charge < -0.3 is 15.8 Å². The van der Waals surface area contributed by atoms with Gasteiger partial charge in [0.2, 0.25) is 0 Å². The number of nitrogens with zero attached hydrogens (tertiary/aromatic N) is 2. The fraction of sp³-hybridized carbons (Fsp3) is 0.188. The van der Waals surface area contributed by atoms with E-state index in [1.54, 1.807) is 25.1 Å². The Morgan fingerprint density at radius 1 is 1.32 bits per heavy atom. The van der Waals surface area contributed by atoms with Gasteiger partial charge in [0.1, 0.15) is 23.5 Å². The minimum atomic E-state index is -0.791. The minimum absolute atomic E-state index is 0.0230. The van der Waals surface area contributed by atoms with E-state index in [9.17, 15) is 4.79 Å². The van der Waals surface area contributed by atoms with Crippen molar-refractivity contribution in [2.45, 2.75) is 13.8 Å². The van der Waals surface area contributed by atoms with Gasteiger partial charge in [-0.3, -0.25) is 0 Å². The van der Waals surface area contributed by atoms with Gasteiger partial charge in [0.25, 0.3) is 0 Å². The van der Waals surface area contributed by atoms with Crippen LogP contribution in [-0.4, -0.2) is 12.6 Å². The molecule has 0 amide bonds. The predicted molar refractivity (Wildman–Crippen MR) is 82.0 cm³/mol. The van der Waals surface area contributed by atoms with Gasteiger partial charge in [0.15, 0.2) is 0 Å². The van der Waals surface area contributed by atoms with Crippen LogP contribution in [0.25, 0.3) is 0 Å². The molecular formula is C16H16N4O2. The Morgan fingerprint density at radius 3 is 2.45 bits per heavy atom. The third-order valence-electron chi connectivity index (χ3n) is 2.65. The van der Waals surface area contributed by atoms with E-state index in [0.717, 1.165) is 11.6 Å². The fourth-order valence-electron chi connectivity index (χ4n) is 1.52. The number of benzene rings is 1. The summed E-state index contributed by atoms with van der Waals surface area (Å²) in [5, 5.41) is 20.9. The van der Waals surface area contributed by atoms with Gasteiger partial charge in [-0.1, -0.05) is 17.7 Å².